The lowest BCUT2D eigenvalue weighted by Gasteiger charge is -2.39. The van der Waals surface area contributed by atoms with E-state index < -0.39 is 5.60 Å². The van der Waals surface area contributed by atoms with Crippen LogP contribution in [0.15, 0.2) is 0 Å². The minimum Gasteiger partial charge on any atom is -0.364 e. The number of hydrogen-bond acceptors (Lipinski definition) is 2. The first kappa shape index (κ1) is 14.7. The predicted octanol–water partition coefficient (Wildman–Crippen LogP) is 4.12. The van der Waals surface area contributed by atoms with Gasteiger partial charge >= 0.3 is 0 Å². The van der Waals surface area contributed by atoms with Crippen LogP contribution in [0.5, 0.6) is 0 Å². The topological polar surface area (TPSA) is 26.3 Å². The Labute approximate surface area is 106 Å². The number of carbonyl (C=O) groups is 1. The van der Waals surface area contributed by atoms with E-state index in [1.807, 2.05) is 13.8 Å². The van der Waals surface area contributed by atoms with Gasteiger partial charge in [0.15, 0.2) is 5.78 Å². The molecule has 2 heteroatoms. The number of ketones is 1. The summed E-state index contributed by atoms with van der Waals surface area (Å²) in [4.78, 5) is 12.5. The summed E-state index contributed by atoms with van der Waals surface area (Å²) >= 11 is 0. The SMILES string of the molecule is CCC(CC)OC1(C(=O)C(C)C)CCCCC1. The highest BCUT2D eigenvalue weighted by molar-refractivity contribution is 5.89. The summed E-state index contributed by atoms with van der Waals surface area (Å²) in [6.07, 6.45) is 7.64. The molecule has 1 fully saturated rings. The highest BCUT2D eigenvalue weighted by atomic mass is 16.5. The standard InChI is InChI=1S/C15H28O2/c1-5-13(6-2)17-15(14(16)12(3)4)10-8-7-9-11-15/h12-13H,5-11H2,1-4H3. The van der Waals surface area contributed by atoms with Gasteiger partial charge in [-0.25, -0.2) is 0 Å². The second kappa shape index (κ2) is 6.53. The molecule has 0 aromatic carbocycles. The first-order valence-electron chi connectivity index (χ1n) is 7.28. The molecule has 0 unspecified atom stereocenters. The van der Waals surface area contributed by atoms with E-state index in [1.54, 1.807) is 0 Å². The summed E-state index contributed by atoms with van der Waals surface area (Å²) in [7, 11) is 0. The lowest BCUT2D eigenvalue weighted by Crippen LogP contribution is -2.47. The van der Waals surface area contributed by atoms with Crippen LogP contribution in [0, 0.1) is 5.92 Å². The van der Waals surface area contributed by atoms with Gasteiger partial charge in [0, 0.05) is 5.92 Å². The van der Waals surface area contributed by atoms with Gasteiger partial charge in [-0.1, -0.05) is 47.0 Å². The molecule has 0 radical (unpaired) electrons. The Morgan fingerprint density at radius 3 is 2.06 bits per heavy atom. The molecule has 0 aromatic heterocycles. The van der Waals surface area contributed by atoms with E-state index in [0.717, 1.165) is 38.5 Å². The van der Waals surface area contributed by atoms with Gasteiger partial charge in [0.25, 0.3) is 0 Å². The summed E-state index contributed by atoms with van der Waals surface area (Å²) in [5.41, 5.74) is -0.455. The molecule has 0 amide bonds. The Kier molecular flexibility index (Phi) is 5.64. The zero-order chi connectivity index (χ0) is 12.9. The van der Waals surface area contributed by atoms with E-state index >= 15 is 0 Å². The molecular formula is C15H28O2. The summed E-state index contributed by atoms with van der Waals surface area (Å²) in [5, 5.41) is 0. The molecular weight excluding hydrogens is 212 g/mol. The highest BCUT2D eigenvalue weighted by Gasteiger charge is 2.42. The average Bonchev–Trinajstić information content (AvgIpc) is 2.36. The molecule has 0 saturated heterocycles. The number of hydrogen-bond donors (Lipinski definition) is 0. The average molecular weight is 240 g/mol. The van der Waals surface area contributed by atoms with Gasteiger partial charge in [-0.2, -0.15) is 0 Å². The van der Waals surface area contributed by atoms with Crippen molar-refractivity contribution in [2.75, 3.05) is 0 Å². The smallest absolute Gasteiger partial charge is 0.167 e. The Balaban J connectivity index is 2.81. The van der Waals surface area contributed by atoms with Crippen molar-refractivity contribution >= 4 is 5.78 Å². The van der Waals surface area contributed by atoms with Gasteiger partial charge in [0.1, 0.15) is 5.60 Å². The van der Waals surface area contributed by atoms with Crippen LogP contribution in [0.2, 0.25) is 0 Å². The first-order valence-corrected chi connectivity index (χ1v) is 7.28. The zero-order valence-electron chi connectivity index (χ0n) is 11.9. The quantitative estimate of drug-likeness (QED) is 0.698. The van der Waals surface area contributed by atoms with E-state index in [-0.39, 0.29) is 12.0 Å². The summed E-state index contributed by atoms with van der Waals surface area (Å²) in [6, 6.07) is 0. The van der Waals surface area contributed by atoms with Crippen molar-refractivity contribution < 1.29 is 9.53 Å². The van der Waals surface area contributed by atoms with Gasteiger partial charge in [-0.15, -0.1) is 0 Å². The third kappa shape index (κ3) is 3.54. The van der Waals surface area contributed by atoms with Crippen molar-refractivity contribution in [2.45, 2.75) is 84.3 Å². The predicted molar refractivity (Wildman–Crippen MR) is 71.1 cm³/mol. The Morgan fingerprint density at radius 1 is 1.12 bits per heavy atom. The van der Waals surface area contributed by atoms with Crippen LogP contribution in [0.4, 0.5) is 0 Å². The van der Waals surface area contributed by atoms with E-state index in [4.69, 9.17) is 4.74 Å². The minimum absolute atomic E-state index is 0.0856. The minimum atomic E-state index is -0.455. The van der Waals surface area contributed by atoms with E-state index in [0.29, 0.717) is 5.78 Å². The highest BCUT2D eigenvalue weighted by Crippen LogP contribution is 2.36. The molecule has 1 aliphatic carbocycles. The fraction of sp³-hybridized carbons (Fsp3) is 0.933. The van der Waals surface area contributed by atoms with Crippen molar-refractivity contribution in [1.29, 1.82) is 0 Å². The van der Waals surface area contributed by atoms with Crippen LogP contribution < -0.4 is 0 Å². The molecule has 0 bridgehead atoms. The third-order valence-corrected chi connectivity index (χ3v) is 3.94. The van der Waals surface area contributed by atoms with Gasteiger partial charge in [0.05, 0.1) is 6.10 Å². The molecule has 100 valence electrons. The van der Waals surface area contributed by atoms with Crippen molar-refractivity contribution in [3.8, 4) is 0 Å². The fourth-order valence-corrected chi connectivity index (χ4v) is 2.85. The Morgan fingerprint density at radius 2 is 1.65 bits per heavy atom. The van der Waals surface area contributed by atoms with Crippen molar-refractivity contribution in [2.24, 2.45) is 5.92 Å². The lowest BCUT2D eigenvalue weighted by molar-refractivity contribution is -0.163. The molecule has 1 aliphatic rings. The first-order chi connectivity index (χ1) is 8.05. The maximum atomic E-state index is 12.5. The van der Waals surface area contributed by atoms with Crippen LogP contribution in [0.3, 0.4) is 0 Å². The molecule has 1 saturated carbocycles. The molecule has 0 heterocycles. The van der Waals surface area contributed by atoms with Gasteiger partial charge in [-0.05, 0) is 25.7 Å². The Hall–Kier alpha value is -0.370. The molecule has 1 rings (SSSR count). The molecule has 17 heavy (non-hydrogen) atoms. The summed E-state index contributed by atoms with van der Waals surface area (Å²) in [5.74, 6) is 0.409. The molecule has 2 nitrogen and oxygen atoms in total. The van der Waals surface area contributed by atoms with Crippen molar-refractivity contribution in [3.63, 3.8) is 0 Å². The van der Waals surface area contributed by atoms with Crippen LogP contribution in [0.25, 0.3) is 0 Å². The van der Waals surface area contributed by atoms with Gasteiger partial charge in [-0.3, -0.25) is 4.79 Å². The van der Waals surface area contributed by atoms with E-state index in [9.17, 15) is 4.79 Å². The molecule has 0 spiro atoms. The molecule has 0 aliphatic heterocycles. The number of rotatable bonds is 6. The normalized spacial score (nSPS) is 19.9. The van der Waals surface area contributed by atoms with Crippen LogP contribution in [-0.2, 0) is 9.53 Å². The second-order valence-electron chi connectivity index (χ2n) is 5.63. The number of carbonyl (C=O) groups excluding carboxylic acids is 1. The Bertz CT molecular complexity index is 235. The maximum absolute atomic E-state index is 12.5. The monoisotopic (exact) mass is 240 g/mol. The molecule has 0 aromatic rings. The lowest BCUT2D eigenvalue weighted by atomic mass is 9.78. The third-order valence-electron chi connectivity index (χ3n) is 3.94. The second-order valence-corrected chi connectivity index (χ2v) is 5.63. The summed E-state index contributed by atoms with van der Waals surface area (Å²) < 4.78 is 6.25. The summed E-state index contributed by atoms with van der Waals surface area (Å²) in [6.45, 7) is 8.28. The zero-order valence-corrected chi connectivity index (χ0v) is 11.9. The van der Waals surface area contributed by atoms with Gasteiger partial charge < -0.3 is 4.74 Å². The molecule has 0 N–H and O–H groups in total. The van der Waals surface area contributed by atoms with Crippen LogP contribution >= 0.6 is 0 Å². The fourth-order valence-electron chi connectivity index (χ4n) is 2.85. The van der Waals surface area contributed by atoms with Crippen molar-refractivity contribution in [3.05, 3.63) is 0 Å². The van der Waals surface area contributed by atoms with Crippen molar-refractivity contribution in [1.82, 2.24) is 0 Å². The number of ether oxygens (including phenoxy) is 1. The van der Waals surface area contributed by atoms with Gasteiger partial charge in [0.2, 0.25) is 0 Å². The van der Waals surface area contributed by atoms with E-state index in [2.05, 4.69) is 13.8 Å². The molecule has 0 atom stereocenters. The largest absolute Gasteiger partial charge is 0.364 e. The van der Waals surface area contributed by atoms with Crippen LogP contribution in [-0.4, -0.2) is 17.5 Å². The maximum Gasteiger partial charge on any atom is 0.167 e. The number of Topliss-reactive ketones (excluding diaryl/α,β-unsaturated/α-hetero) is 1. The van der Waals surface area contributed by atoms with E-state index in [1.165, 1.54) is 6.42 Å². The van der Waals surface area contributed by atoms with Crippen LogP contribution in [0.1, 0.15) is 72.6 Å².